The molecule has 0 bridgehead atoms. The van der Waals surface area contributed by atoms with Crippen molar-refractivity contribution in [3.05, 3.63) is 107 Å². The van der Waals surface area contributed by atoms with Crippen molar-refractivity contribution >= 4 is 34.4 Å². The fraction of sp³-hybridized carbons (Fsp3) is 0.0800. The van der Waals surface area contributed by atoms with Crippen LogP contribution >= 0.6 is 11.6 Å². The highest BCUT2D eigenvalue weighted by molar-refractivity contribution is 6.34. The molecule has 3 aromatic carbocycles. The Bertz CT molecular complexity index is 1420. The van der Waals surface area contributed by atoms with Gasteiger partial charge >= 0.3 is 0 Å². The molecule has 0 spiro atoms. The number of carbonyl (C=O) groups is 1. The van der Waals surface area contributed by atoms with Crippen LogP contribution in [-0.4, -0.2) is 25.2 Å². The number of nitrogens with one attached hydrogen (secondary N) is 1. The Morgan fingerprint density at radius 1 is 0.969 bits per heavy atom. The van der Waals surface area contributed by atoms with Gasteiger partial charge in [0, 0.05) is 6.07 Å². The first-order valence-electron chi connectivity index (χ1n) is 10.2. The van der Waals surface area contributed by atoms with Crippen LogP contribution in [-0.2, 0) is 6.54 Å². The number of para-hydroxylation sites is 2. The average molecular weight is 442 g/mol. The number of nitrogens with zero attached hydrogens (tertiary/aromatic N) is 4. The molecule has 0 fully saturated rings. The molecule has 0 saturated carbocycles. The van der Waals surface area contributed by atoms with Crippen molar-refractivity contribution in [3.63, 3.8) is 0 Å². The number of amides is 1. The van der Waals surface area contributed by atoms with Crippen LogP contribution in [0.1, 0.15) is 21.6 Å². The largest absolute Gasteiger partial charge is 0.306 e. The number of aromatic nitrogens is 4. The Balaban J connectivity index is 1.60. The molecule has 0 aliphatic rings. The molecule has 0 radical (unpaired) electrons. The number of carbonyl (C=O) groups excluding carboxylic acids is 1. The van der Waals surface area contributed by atoms with Gasteiger partial charge in [-0.3, -0.25) is 4.79 Å². The fourth-order valence-electron chi connectivity index (χ4n) is 3.72. The van der Waals surface area contributed by atoms with Crippen LogP contribution < -0.4 is 5.32 Å². The van der Waals surface area contributed by atoms with Crippen LogP contribution in [0.15, 0.2) is 84.9 Å². The minimum atomic E-state index is -0.303. The summed E-state index contributed by atoms with van der Waals surface area (Å²) in [6, 6.07) is 26.9. The Morgan fingerprint density at radius 2 is 1.69 bits per heavy atom. The van der Waals surface area contributed by atoms with Gasteiger partial charge in [0.05, 0.1) is 33.9 Å². The highest BCUT2D eigenvalue weighted by Gasteiger charge is 2.19. The van der Waals surface area contributed by atoms with E-state index in [1.807, 2.05) is 55.5 Å². The van der Waals surface area contributed by atoms with Crippen molar-refractivity contribution in [1.82, 2.24) is 19.3 Å². The molecule has 1 N–H and O–H groups in total. The third-order valence-electron chi connectivity index (χ3n) is 5.20. The van der Waals surface area contributed by atoms with Gasteiger partial charge in [0.25, 0.3) is 5.91 Å². The zero-order chi connectivity index (χ0) is 22.1. The molecule has 158 valence electrons. The molecule has 5 rings (SSSR count). The summed E-state index contributed by atoms with van der Waals surface area (Å²) in [5.74, 6) is 0.845. The van der Waals surface area contributed by atoms with E-state index in [-0.39, 0.29) is 5.91 Å². The van der Waals surface area contributed by atoms with E-state index in [4.69, 9.17) is 16.6 Å². The molecule has 0 atom stereocenters. The molecule has 6 nitrogen and oxygen atoms in total. The topological polar surface area (TPSA) is 64.7 Å². The lowest BCUT2D eigenvalue weighted by Gasteiger charge is -2.12. The van der Waals surface area contributed by atoms with Gasteiger partial charge in [-0.25, -0.2) is 4.98 Å². The first-order chi connectivity index (χ1) is 15.6. The number of rotatable bonds is 5. The van der Waals surface area contributed by atoms with Crippen molar-refractivity contribution < 1.29 is 4.79 Å². The number of halogens is 1. The molecule has 0 saturated heterocycles. The molecule has 1 amide bonds. The second-order valence-electron chi connectivity index (χ2n) is 7.49. The number of hydrogen-bond donors (Lipinski definition) is 1. The van der Waals surface area contributed by atoms with Gasteiger partial charge in [-0.2, -0.15) is 9.78 Å². The normalized spacial score (nSPS) is 11.1. The Hall–Kier alpha value is -3.90. The molecule has 0 unspecified atom stereocenters. The molecule has 0 aliphatic carbocycles. The van der Waals surface area contributed by atoms with E-state index < -0.39 is 0 Å². The van der Waals surface area contributed by atoms with Crippen LogP contribution in [0.5, 0.6) is 0 Å². The van der Waals surface area contributed by atoms with E-state index in [0.717, 1.165) is 22.3 Å². The Labute approximate surface area is 190 Å². The van der Waals surface area contributed by atoms with Crippen molar-refractivity contribution in [2.75, 3.05) is 5.32 Å². The first-order valence-corrected chi connectivity index (χ1v) is 10.6. The zero-order valence-corrected chi connectivity index (χ0v) is 18.1. The van der Waals surface area contributed by atoms with Crippen molar-refractivity contribution in [1.29, 1.82) is 0 Å². The summed E-state index contributed by atoms with van der Waals surface area (Å²) >= 11 is 6.22. The maximum Gasteiger partial charge on any atom is 0.258 e. The van der Waals surface area contributed by atoms with Gasteiger partial charge < -0.3 is 9.88 Å². The summed E-state index contributed by atoms with van der Waals surface area (Å²) in [6.45, 7) is 2.50. The minimum Gasteiger partial charge on any atom is -0.306 e. The Kier molecular flexibility index (Phi) is 5.21. The Morgan fingerprint density at radius 3 is 2.50 bits per heavy atom. The third kappa shape index (κ3) is 3.76. The van der Waals surface area contributed by atoms with E-state index in [0.29, 0.717) is 28.9 Å². The third-order valence-corrected chi connectivity index (χ3v) is 5.53. The molecule has 2 aromatic heterocycles. The maximum atomic E-state index is 12.9. The lowest BCUT2D eigenvalue weighted by Crippen LogP contribution is -2.17. The van der Waals surface area contributed by atoms with Gasteiger partial charge in [-0.15, -0.1) is 0 Å². The number of anilines is 1. The number of hydrogen-bond acceptors (Lipinski definition) is 3. The van der Waals surface area contributed by atoms with Crippen LogP contribution in [0.2, 0.25) is 5.02 Å². The summed E-state index contributed by atoms with van der Waals surface area (Å²) < 4.78 is 3.77. The van der Waals surface area contributed by atoms with E-state index in [1.165, 1.54) is 0 Å². The van der Waals surface area contributed by atoms with Gasteiger partial charge in [0.15, 0.2) is 0 Å². The van der Waals surface area contributed by atoms with Crippen molar-refractivity contribution in [2.24, 2.45) is 0 Å². The van der Waals surface area contributed by atoms with Crippen molar-refractivity contribution in [3.8, 4) is 5.95 Å². The number of aryl methyl sites for hydroxylation is 1. The van der Waals surface area contributed by atoms with E-state index >= 15 is 0 Å². The molecule has 7 heteroatoms. The van der Waals surface area contributed by atoms with E-state index in [2.05, 4.69) is 27.1 Å². The molecule has 5 aromatic rings. The number of benzene rings is 3. The summed E-state index contributed by atoms with van der Waals surface area (Å²) in [6.07, 6.45) is 0. The first kappa shape index (κ1) is 20.0. The summed E-state index contributed by atoms with van der Waals surface area (Å²) in [7, 11) is 0. The van der Waals surface area contributed by atoms with Crippen molar-refractivity contribution in [2.45, 2.75) is 13.5 Å². The van der Waals surface area contributed by atoms with Crippen LogP contribution in [0.3, 0.4) is 0 Å². The monoisotopic (exact) mass is 441 g/mol. The molecular weight excluding hydrogens is 422 g/mol. The smallest absolute Gasteiger partial charge is 0.258 e. The highest BCUT2D eigenvalue weighted by atomic mass is 35.5. The number of fused-ring (bicyclic) bond motifs is 1. The van der Waals surface area contributed by atoms with E-state index in [9.17, 15) is 4.79 Å². The second-order valence-corrected chi connectivity index (χ2v) is 7.90. The summed E-state index contributed by atoms with van der Waals surface area (Å²) in [5.41, 5.74) is 4.15. The predicted octanol–water partition coefficient (Wildman–Crippen LogP) is 5.48. The minimum absolute atomic E-state index is 0.303. The molecule has 0 aliphatic heterocycles. The second kappa shape index (κ2) is 8.32. The van der Waals surface area contributed by atoms with E-state index in [1.54, 1.807) is 28.9 Å². The lowest BCUT2D eigenvalue weighted by molar-refractivity contribution is 0.102. The van der Waals surface area contributed by atoms with Crippen LogP contribution in [0.25, 0.3) is 17.0 Å². The quantitative estimate of drug-likeness (QED) is 0.392. The van der Waals surface area contributed by atoms with Gasteiger partial charge in [0.1, 0.15) is 5.82 Å². The molecule has 2 heterocycles. The van der Waals surface area contributed by atoms with Crippen LogP contribution in [0.4, 0.5) is 5.82 Å². The predicted molar refractivity (Wildman–Crippen MR) is 127 cm³/mol. The molecule has 32 heavy (non-hydrogen) atoms. The lowest BCUT2D eigenvalue weighted by atomic mass is 10.2. The summed E-state index contributed by atoms with van der Waals surface area (Å²) in [4.78, 5) is 17.7. The zero-order valence-electron chi connectivity index (χ0n) is 17.4. The standard InChI is InChI=1S/C25H20ClN5O/c1-17-15-23(28-24(32)19-11-5-6-12-20(19)26)31(29-17)25-27-21-13-7-8-14-22(21)30(25)16-18-9-3-2-4-10-18/h2-15H,16H2,1H3,(H,28,32). The van der Waals surface area contributed by atoms with Gasteiger partial charge in [-0.1, -0.05) is 66.2 Å². The van der Waals surface area contributed by atoms with Gasteiger partial charge in [0.2, 0.25) is 5.95 Å². The highest BCUT2D eigenvalue weighted by Crippen LogP contribution is 2.25. The van der Waals surface area contributed by atoms with Gasteiger partial charge in [-0.05, 0) is 36.8 Å². The SMILES string of the molecule is Cc1cc(NC(=O)c2ccccc2Cl)n(-c2nc3ccccc3n2Cc2ccccc2)n1. The van der Waals surface area contributed by atoms with Crippen LogP contribution in [0, 0.1) is 6.92 Å². The fourth-order valence-corrected chi connectivity index (χ4v) is 3.94. The average Bonchev–Trinajstić information content (AvgIpc) is 3.34. The molecular formula is C25H20ClN5O. The summed E-state index contributed by atoms with van der Waals surface area (Å²) in [5, 5.41) is 7.97. The maximum absolute atomic E-state index is 12.9. The number of imidazole rings is 1.